The minimum absolute atomic E-state index is 0.341. The van der Waals surface area contributed by atoms with Crippen molar-refractivity contribution in [3.05, 3.63) is 23.3 Å². The number of alkyl halides is 1. The second kappa shape index (κ2) is 7.00. The molecule has 2 aliphatic rings. The van der Waals surface area contributed by atoms with Crippen molar-refractivity contribution in [2.45, 2.75) is 42.2 Å². The SMILES string of the molecule is COc1cc2c(cc1OC)[C@H]1CN(C)[C@H](CC(C)(C)I)CN1CC2. The second-order valence-electron chi connectivity index (χ2n) is 7.68. The number of hydrogen-bond donors (Lipinski definition) is 0. The zero-order valence-electron chi connectivity index (χ0n) is 15.4. The molecule has 0 N–H and O–H groups in total. The summed E-state index contributed by atoms with van der Waals surface area (Å²) in [5.74, 6) is 1.69. The largest absolute Gasteiger partial charge is 0.493 e. The highest BCUT2D eigenvalue weighted by Gasteiger charge is 2.38. The molecular formula is C19H29IN2O2. The summed E-state index contributed by atoms with van der Waals surface area (Å²) in [6.07, 6.45) is 2.32. The van der Waals surface area contributed by atoms with E-state index in [0.717, 1.165) is 37.6 Å². The highest BCUT2D eigenvalue weighted by atomic mass is 127. The number of ether oxygens (including phenoxy) is 2. The predicted octanol–water partition coefficient (Wildman–Crippen LogP) is 3.52. The molecule has 2 atom stereocenters. The molecule has 1 saturated heterocycles. The Labute approximate surface area is 159 Å². The van der Waals surface area contributed by atoms with E-state index in [1.54, 1.807) is 14.2 Å². The minimum Gasteiger partial charge on any atom is -0.493 e. The predicted molar refractivity (Wildman–Crippen MR) is 107 cm³/mol. The molecule has 3 rings (SSSR count). The Morgan fingerprint density at radius 1 is 1.17 bits per heavy atom. The first kappa shape index (κ1) is 18.3. The van der Waals surface area contributed by atoms with Crippen molar-refractivity contribution < 1.29 is 9.47 Å². The maximum atomic E-state index is 5.54. The van der Waals surface area contributed by atoms with Gasteiger partial charge >= 0.3 is 0 Å². The van der Waals surface area contributed by atoms with Crippen molar-refractivity contribution in [3.63, 3.8) is 0 Å². The number of likely N-dealkylation sites (N-methyl/N-ethyl adjacent to an activating group) is 1. The minimum atomic E-state index is 0.341. The topological polar surface area (TPSA) is 24.9 Å². The molecule has 0 radical (unpaired) electrons. The van der Waals surface area contributed by atoms with E-state index in [0.29, 0.717) is 15.5 Å². The van der Waals surface area contributed by atoms with Gasteiger partial charge in [-0.05, 0) is 43.1 Å². The summed E-state index contributed by atoms with van der Waals surface area (Å²) in [6.45, 7) is 8.03. The van der Waals surface area contributed by atoms with E-state index in [-0.39, 0.29) is 0 Å². The van der Waals surface area contributed by atoms with E-state index in [2.05, 4.69) is 65.4 Å². The van der Waals surface area contributed by atoms with Crippen LogP contribution in [0.2, 0.25) is 0 Å². The fraction of sp³-hybridized carbons (Fsp3) is 0.684. The average molecular weight is 444 g/mol. The molecule has 0 unspecified atom stereocenters. The monoisotopic (exact) mass is 444 g/mol. The van der Waals surface area contributed by atoms with Crippen LogP contribution in [-0.2, 0) is 6.42 Å². The third-order valence-electron chi connectivity index (χ3n) is 5.36. The maximum Gasteiger partial charge on any atom is 0.161 e. The molecule has 4 nitrogen and oxygen atoms in total. The highest BCUT2D eigenvalue weighted by molar-refractivity contribution is 14.1. The van der Waals surface area contributed by atoms with Gasteiger partial charge in [0.15, 0.2) is 11.5 Å². The molecule has 0 bridgehead atoms. The van der Waals surface area contributed by atoms with Gasteiger partial charge in [-0.25, -0.2) is 0 Å². The number of methoxy groups -OCH3 is 2. The lowest BCUT2D eigenvalue weighted by molar-refractivity contribution is 0.0320. The van der Waals surface area contributed by atoms with Crippen LogP contribution in [0.4, 0.5) is 0 Å². The summed E-state index contributed by atoms with van der Waals surface area (Å²) in [7, 11) is 5.71. The van der Waals surface area contributed by atoms with Crippen molar-refractivity contribution in [2.75, 3.05) is 40.9 Å². The molecule has 134 valence electrons. The van der Waals surface area contributed by atoms with Crippen LogP contribution in [0.15, 0.2) is 12.1 Å². The third kappa shape index (κ3) is 3.68. The maximum absolute atomic E-state index is 5.54. The van der Waals surface area contributed by atoms with Crippen LogP contribution in [0.1, 0.15) is 37.4 Å². The molecule has 0 amide bonds. The molecule has 0 saturated carbocycles. The number of piperazine rings is 1. The number of nitrogens with zero attached hydrogens (tertiary/aromatic N) is 2. The van der Waals surface area contributed by atoms with Crippen LogP contribution in [0.5, 0.6) is 11.5 Å². The fourth-order valence-corrected chi connectivity index (χ4v) is 4.63. The number of benzene rings is 1. The van der Waals surface area contributed by atoms with Crippen molar-refractivity contribution in [2.24, 2.45) is 0 Å². The molecule has 1 fully saturated rings. The van der Waals surface area contributed by atoms with E-state index in [4.69, 9.17) is 9.47 Å². The zero-order valence-corrected chi connectivity index (χ0v) is 17.6. The van der Waals surface area contributed by atoms with Gasteiger partial charge in [0.2, 0.25) is 0 Å². The van der Waals surface area contributed by atoms with Gasteiger partial charge < -0.3 is 14.4 Å². The Hall–Kier alpha value is -0.530. The van der Waals surface area contributed by atoms with Gasteiger partial charge in [-0.2, -0.15) is 0 Å². The molecule has 1 aromatic carbocycles. The highest BCUT2D eigenvalue weighted by Crippen LogP contribution is 2.41. The Balaban J connectivity index is 1.86. The number of fused-ring (bicyclic) bond motifs is 3. The van der Waals surface area contributed by atoms with E-state index in [1.807, 2.05) is 0 Å². The van der Waals surface area contributed by atoms with Gasteiger partial charge in [0, 0.05) is 35.1 Å². The van der Waals surface area contributed by atoms with Crippen molar-refractivity contribution in [1.29, 1.82) is 0 Å². The lowest BCUT2D eigenvalue weighted by Crippen LogP contribution is -2.55. The van der Waals surface area contributed by atoms with Gasteiger partial charge in [0.1, 0.15) is 0 Å². The Bertz CT molecular complexity index is 600. The lowest BCUT2D eigenvalue weighted by atomic mass is 9.88. The first-order valence-electron chi connectivity index (χ1n) is 8.70. The quantitative estimate of drug-likeness (QED) is 0.524. The molecule has 5 heteroatoms. The Morgan fingerprint density at radius 2 is 1.83 bits per heavy atom. The molecule has 1 aromatic rings. The molecule has 0 aromatic heterocycles. The third-order valence-corrected chi connectivity index (χ3v) is 5.80. The van der Waals surface area contributed by atoms with E-state index in [9.17, 15) is 0 Å². The van der Waals surface area contributed by atoms with Crippen molar-refractivity contribution in [3.8, 4) is 11.5 Å². The zero-order chi connectivity index (χ0) is 17.5. The standard InChI is InChI=1S/C19H29IN2O2/c1-19(2,20)10-14-11-22-7-6-13-8-17(23-4)18(24-5)9-15(13)16(22)12-21(14)3/h8-9,14,16H,6-7,10-12H2,1-5H3/t14-,16-/m1/s1. The summed E-state index contributed by atoms with van der Waals surface area (Å²) in [5.41, 5.74) is 2.83. The van der Waals surface area contributed by atoms with Crippen molar-refractivity contribution >= 4 is 22.6 Å². The van der Waals surface area contributed by atoms with Crippen LogP contribution in [0, 0.1) is 0 Å². The first-order chi connectivity index (χ1) is 11.3. The Morgan fingerprint density at radius 3 is 2.46 bits per heavy atom. The summed E-state index contributed by atoms with van der Waals surface area (Å²) in [6, 6.07) is 5.47. The van der Waals surface area contributed by atoms with Gasteiger partial charge in [-0.15, -0.1) is 0 Å². The van der Waals surface area contributed by atoms with E-state index >= 15 is 0 Å². The molecular weight excluding hydrogens is 415 g/mol. The molecule has 0 aliphatic carbocycles. The Kier molecular flexibility index (Phi) is 5.33. The van der Waals surface area contributed by atoms with Gasteiger partial charge in [0.05, 0.1) is 14.2 Å². The molecule has 2 heterocycles. The van der Waals surface area contributed by atoms with Crippen LogP contribution >= 0.6 is 22.6 Å². The first-order valence-corrected chi connectivity index (χ1v) is 9.78. The van der Waals surface area contributed by atoms with Gasteiger partial charge in [-0.1, -0.05) is 36.4 Å². The number of rotatable bonds is 4. The average Bonchev–Trinajstić information content (AvgIpc) is 2.53. The van der Waals surface area contributed by atoms with Crippen LogP contribution in [-0.4, -0.2) is 60.2 Å². The number of hydrogen-bond acceptors (Lipinski definition) is 4. The smallest absolute Gasteiger partial charge is 0.161 e. The van der Waals surface area contributed by atoms with Crippen molar-refractivity contribution in [1.82, 2.24) is 9.80 Å². The summed E-state index contributed by atoms with van der Waals surface area (Å²) < 4.78 is 11.4. The second-order valence-corrected chi connectivity index (χ2v) is 10.6. The number of halogens is 1. The molecule has 2 aliphatic heterocycles. The van der Waals surface area contributed by atoms with Crippen LogP contribution in [0.25, 0.3) is 0 Å². The molecule has 0 spiro atoms. The lowest BCUT2D eigenvalue weighted by Gasteiger charge is -2.49. The summed E-state index contributed by atoms with van der Waals surface area (Å²) in [5, 5.41) is 0. The molecule has 24 heavy (non-hydrogen) atoms. The van der Waals surface area contributed by atoms with Crippen LogP contribution in [0.3, 0.4) is 0 Å². The fourth-order valence-electron chi connectivity index (χ4n) is 4.13. The summed E-state index contributed by atoms with van der Waals surface area (Å²) in [4.78, 5) is 5.22. The van der Waals surface area contributed by atoms with E-state index < -0.39 is 0 Å². The van der Waals surface area contributed by atoms with E-state index in [1.165, 1.54) is 17.5 Å². The van der Waals surface area contributed by atoms with Crippen LogP contribution < -0.4 is 9.47 Å². The normalized spacial score (nSPS) is 25.1. The van der Waals surface area contributed by atoms with Gasteiger partial charge in [0.25, 0.3) is 0 Å². The van der Waals surface area contributed by atoms with Gasteiger partial charge in [-0.3, -0.25) is 4.90 Å². The summed E-state index contributed by atoms with van der Waals surface area (Å²) >= 11 is 2.58.